The molecule has 2 rings (SSSR count). The molecular formula is C16H21ClOS. The van der Waals surface area contributed by atoms with Crippen molar-refractivity contribution in [1.29, 1.82) is 0 Å². The van der Waals surface area contributed by atoms with E-state index in [2.05, 4.69) is 20.8 Å². The average molecular weight is 297 g/mol. The Morgan fingerprint density at radius 1 is 1.26 bits per heavy atom. The molecule has 0 aliphatic heterocycles. The number of benzene rings is 1. The summed E-state index contributed by atoms with van der Waals surface area (Å²) in [5, 5.41) is 0. The molecule has 1 aromatic carbocycles. The number of thioether (sulfide) groups is 1. The molecule has 3 heteroatoms. The molecule has 0 saturated heterocycles. The number of hydrogen-bond acceptors (Lipinski definition) is 2. The fourth-order valence-electron chi connectivity index (χ4n) is 2.69. The van der Waals surface area contributed by atoms with Gasteiger partial charge in [0.15, 0.2) is 9.99 Å². The minimum Gasteiger partial charge on any atom is -0.296 e. The molecule has 19 heavy (non-hydrogen) atoms. The summed E-state index contributed by atoms with van der Waals surface area (Å²) in [6.45, 7) is 6.32. The molecule has 104 valence electrons. The zero-order valence-electron chi connectivity index (χ0n) is 11.7. The maximum atomic E-state index is 12.8. The van der Waals surface area contributed by atoms with E-state index in [1.54, 1.807) is 0 Å². The molecule has 1 saturated carbocycles. The largest absolute Gasteiger partial charge is 0.296 e. The number of halogens is 1. The van der Waals surface area contributed by atoms with Crippen molar-refractivity contribution in [2.75, 3.05) is 0 Å². The molecule has 0 N–H and O–H groups in total. The van der Waals surface area contributed by atoms with Gasteiger partial charge in [0, 0.05) is 10.8 Å². The Morgan fingerprint density at radius 3 is 2.47 bits per heavy atom. The van der Waals surface area contributed by atoms with E-state index >= 15 is 0 Å². The first kappa shape index (κ1) is 14.9. The fourth-order valence-corrected chi connectivity index (χ4v) is 4.41. The normalized spacial score (nSPS) is 31.7. The van der Waals surface area contributed by atoms with Crippen LogP contribution in [0.4, 0.5) is 0 Å². The van der Waals surface area contributed by atoms with E-state index < -0.39 is 4.21 Å². The minimum absolute atomic E-state index is 0.102. The van der Waals surface area contributed by atoms with E-state index in [-0.39, 0.29) is 17.6 Å². The summed E-state index contributed by atoms with van der Waals surface area (Å²) < 4.78 is -0.797. The van der Waals surface area contributed by atoms with E-state index in [4.69, 9.17) is 11.6 Å². The third-order valence-electron chi connectivity index (χ3n) is 4.03. The van der Waals surface area contributed by atoms with Gasteiger partial charge in [0.2, 0.25) is 0 Å². The van der Waals surface area contributed by atoms with Crippen LogP contribution in [-0.4, -0.2) is 9.99 Å². The quantitative estimate of drug-likeness (QED) is 0.731. The molecular weight excluding hydrogens is 276 g/mol. The molecule has 3 atom stereocenters. The monoisotopic (exact) mass is 296 g/mol. The zero-order valence-corrected chi connectivity index (χ0v) is 13.3. The molecule has 1 aromatic rings. The molecule has 0 spiro atoms. The van der Waals surface area contributed by atoms with Gasteiger partial charge in [-0.3, -0.25) is 4.79 Å². The topological polar surface area (TPSA) is 17.1 Å². The van der Waals surface area contributed by atoms with Crippen LogP contribution in [0.3, 0.4) is 0 Å². The number of carbonyl (C=O) groups is 1. The van der Waals surface area contributed by atoms with Gasteiger partial charge < -0.3 is 0 Å². The number of alkyl halides is 1. The number of carbonyl (C=O) groups excluding carboxylic acids is 1. The first-order valence-corrected chi connectivity index (χ1v) is 8.12. The van der Waals surface area contributed by atoms with Crippen LogP contribution in [-0.2, 0) is 4.79 Å². The summed E-state index contributed by atoms with van der Waals surface area (Å²) in [5.41, 5.74) is 0. The lowest BCUT2D eigenvalue weighted by Crippen LogP contribution is -2.46. The van der Waals surface area contributed by atoms with E-state index in [1.165, 1.54) is 11.8 Å². The van der Waals surface area contributed by atoms with Crippen LogP contribution in [0.15, 0.2) is 35.2 Å². The Labute approximate surface area is 125 Å². The summed E-state index contributed by atoms with van der Waals surface area (Å²) in [4.78, 5) is 13.8. The number of ketones is 1. The first-order valence-electron chi connectivity index (χ1n) is 6.92. The third kappa shape index (κ3) is 3.00. The van der Waals surface area contributed by atoms with Crippen LogP contribution < -0.4 is 0 Å². The molecule has 1 aliphatic carbocycles. The van der Waals surface area contributed by atoms with Gasteiger partial charge in [0.1, 0.15) is 0 Å². The summed E-state index contributed by atoms with van der Waals surface area (Å²) in [6, 6.07) is 10.00. The Hall–Kier alpha value is -0.470. The van der Waals surface area contributed by atoms with Gasteiger partial charge in [0.25, 0.3) is 0 Å². The highest BCUT2D eigenvalue weighted by molar-refractivity contribution is 8.02. The molecule has 3 unspecified atom stereocenters. The van der Waals surface area contributed by atoms with E-state index in [0.29, 0.717) is 5.92 Å². The lowest BCUT2D eigenvalue weighted by Gasteiger charge is -2.40. The molecule has 1 nitrogen and oxygen atoms in total. The van der Waals surface area contributed by atoms with Crippen molar-refractivity contribution in [3.8, 4) is 0 Å². The minimum atomic E-state index is -0.797. The van der Waals surface area contributed by atoms with Crippen molar-refractivity contribution in [1.82, 2.24) is 0 Å². The Bertz CT molecular complexity index is 445. The molecule has 1 fully saturated rings. The predicted molar refractivity (Wildman–Crippen MR) is 82.6 cm³/mol. The van der Waals surface area contributed by atoms with Crippen molar-refractivity contribution in [2.24, 2.45) is 17.8 Å². The molecule has 0 radical (unpaired) electrons. The highest BCUT2D eigenvalue weighted by atomic mass is 35.5. The van der Waals surface area contributed by atoms with Gasteiger partial charge >= 0.3 is 0 Å². The van der Waals surface area contributed by atoms with Gasteiger partial charge in [-0.05, 0) is 36.8 Å². The van der Waals surface area contributed by atoms with Crippen molar-refractivity contribution in [2.45, 2.75) is 42.7 Å². The summed E-state index contributed by atoms with van der Waals surface area (Å²) in [5.74, 6) is 0.901. The van der Waals surface area contributed by atoms with Crippen molar-refractivity contribution in [3.63, 3.8) is 0 Å². The molecule has 0 amide bonds. The first-order chi connectivity index (χ1) is 8.95. The SMILES string of the molecule is CC(C)C1CCC(C)C(Cl)(Sc2ccccc2)C1=O. The summed E-state index contributed by atoms with van der Waals surface area (Å²) in [7, 11) is 0. The lowest BCUT2D eigenvalue weighted by atomic mass is 9.76. The Balaban J connectivity index is 2.25. The molecule has 1 aliphatic rings. The van der Waals surface area contributed by atoms with Crippen LogP contribution in [0.1, 0.15) is 33.6 Å². The van der Waals surface area contributed by atoms with E-state index in [0.717, 1.165) is 17.7 Å². The average Bonchev–Trinajstić information content (AvgIpc) is 2.37. The van der Waals surface area contributed by atoms with E-state index in [9.17, 15) is 4.79 Å². The predicted octanol–water partition coefficient (Wildman–Crippen LogP) is 4.99. The van der Waals surface area contributed by atoms with E-state index in [1.807, 2.05) is 30.3 Å². The second-order valence-corrected chi connectivity index (χ2v) is 7.89. The Kier molecular flexibility index (Phi) is 4.62. The van der Waals surface area contributed by atoms with Crippen molar-refractivity contribution >= 4 is 29.1 Å². The molecule has 0 bridgehead atoms. The standard InChI is InChI=1S/C16H21ClOS/c1-11(2)14-10-9-12(3)16(17,15(14)18)19-13-7-5-4-6-8-13/h4-8,11-12,14H,9-10H2,1-3H3. The van der Waals surface area contributed by atoms with Crippen LogP contribution in [0, 0.1) is 17.8 Å². The highest BCUT2D eigenvalue weighted by Crippen LogP contribution is 2.50. The molecule has 0 heterocycles. The smallest absolute Gasteiger partial charge is 0.167 e. The highest BCUT2D eigenvalue weighted by Gasteiger charge is 2.49. The van der Waals surface area contributed by atoms with Crippen LogP contribution in [0.5, 0.6) is 0 Å². The van der Waals surface area contributed by atoms with Crippen LogP contribution in [0.2, 0.25) is 0 Å². The fraction of sp³-hybridized carbons (Fsp3) is 0.562. The lowest BCUT2D eigenvalue weighted by molar-refractivity contribution is -0.127. The van der Waals surface area contributed by atoms with Gasteiger partial charge in [-0.15, -0.1) is 0 Å². The Morgan fingerprint density at radius 2 is 1.89 bits per heavy atom. The van der Waals surface area contributed by atoms with Gasteiger partial charge in [0.05, 0.1) is 0 Å². The van der Waals surface area contributed by atoms with Crippen molar-refractivity contribution < 1.29 is 4.79 Å². The van der Waals surface area contributed by atoms with Crippen LogP contribution in [0.25, 0.3) is 0 Å². The number of rotatable bonds is 3. The van der Waals surface area contributed by atoms with Crippen molar-refractivity contribution in [3.05, 3.63) is 30.3 Å². The van der Waals surface area contributed by atoms with Gasteiger partial charge in [-0.1, -0.05) is 62.3 Å². The maximum absolute atomic E-state index is 12.8. The molecule has 0 aromatic heterocycles. The zero-order chi connectivity index (χ0) is 14.0. The second kappa shape index (κ2) is 5.88. The second-order valence-electron chi connectivity index (χ2n) is 5.75. The van der Waals surface area contributed by atoms with Crippen LogP contribution >= 0.6 is 23.4 Å². The summed E-state index contributed by atoms with van der Waals surface area (Å²) in [6.07, 6.45) is 2.00. The number of hydrogen-bond donors (Lipinski definition) is 0. The summed E-state index contributed by atoms with van der Waals surface area (Å²) >= 11 is 8.28. The van der Waals surface area contributed by atoms with Gasteiger partial charge in [-0.2, -0.15) is 0 Å². The maximum Gasteiger partial charge on any atom is 0.167 e. The van der Waals surface area contributed by atoms with Gasteiger partial charge in [-0.25, -0.2) is 0 Å². The third-order valence-corrected chi connectivity index (χ3v) is 6.23. The number of Topliss-reactive ketones (excluding diaryl/α,β-unsaturated/α-hetero) is 1.